The van der Waals surface area contributed by atoms with Gasteiger partial charge in [0.25, 0.3) is 0 Å². The second-order valence-electron chi connectivity index (χ2n) is 11.0. The summed E-state index contributed by atoms with van der Waals surface area (Å²) in [5.74, 6) is 3.07. The van der Waals surface area contributed by atoms with Crippen LogP contribution < -0.4 is 5.32 Å². The van der Waals surface area contributed by atoms with Crippen molar-refractivity contribution in [2.45, 2.75) is 91.0 Å². The van der Waals surface area contributed by atoms with Crippen molar-refractivity contribution < 1.29 is 0 Å². The predicted octanol–water partition coefficient (Wildman–Crippen LogP) is 8.86. The Kier molecular flexibility index (Phi) is 8.34. The van der Waals surface area contributed by atoms with Crippen LogP contribution in [0.5, 0.6) is 0 Å². The highest BCUT2D eigenvalue weighted by molar-refractivity contribution is 5.65. The lowest BCUT2D eigenvalue weighted by molar-refractivity contribution is 0.346. The van der Waals surface area contributed by atoms with E-state index >= 15 is 0 Å². The molecule has 0 radical (unpaired) electrons. The highest BCUT2D eigenvalue weighted by atomic mass is 14.9. The third-order valence-corrected chi connectivity index (χ3v) is 8.85. The summed E-state index contributed by atoms with van der Waals surface area (Å²) in [6.45, 7) is 11.6. The van der Waals surface area contributed by atoms with Gasteiger partial charge >= 0.3 is 0 Å². The lowest BCUT2D eigenvalue weighted by atomic mass is 9.74. The van der Waals surface area contributed by atoms with Crippen molar-refractivity contribution in [3.63, 3.8) is 0 Å². The van der Waals surface area contributed by atoms with Crippen molar-refractivity contribution in [2.24, 2.45) is 23.7 Å². The summed E-state index contributed by atoms with van der Waals surface area (Å²) in [6, 6.07) is 11.3. The van der Waals surface area contributed by atoms with E-state index in [0.717, 1.165) is 17.8 Å². The third kappa shape index (κ3) is 6.11. The van der Waals surface area contributed by atoms with Crippen LogP contribution >= 0.6 is 0 Å². The highest BCUT2D eigenvalue weighted by Gasteiger charge is 2.29. The summed E-state index contributed by atoms with van der Waals surface area (Å²) < 4.78 is 0. The molecular weight excluding hydrogens is 398 g/mol. The zero-order chi connectivity index (χ0) is 23.2. The monoisotopic (exact) mass is 443 g/mol. The summed E-state index contributed by atoms with van der Waals surface area (Å²) in [5.41, 5.74) is 7.52. The summed E-state index contributed by atoms with van der Waals surface area (Å²) in [4.78, 5) is 0. The zero-order valence-electron chi connectivity index (χ0n) is 21.3. The van der Waals surface area contributed by atoms with E-state index in [-0.39, 0.29) is 0 Å². The fraction of sp³-hybridized carbons (Fsp3) is 0.562. The van der Waals surface area contributed by atoms with Crippen LogP contribution in [-0.4, -0.2) is 6.04 Å². The molecule has 4 rings (SSSR count). The maximum Gasteiger partial charge on any atom is 0.0439 e. The fourth-order valence-corrected chi connectivity index (χ4v) is 6.28. The average molecular weight is 444 g/mol. The van der Waals surface area contributed by atoms with Gasteiger partial charge < -0.3 is 5.32 Å². The number of benzene rings is 1. The van der Waals surface area contributed by atoms with Crippen LogP contribution in [0.2, 0.25) is 0 Å². The molecule has 2 unspecified atom stereocenters. The normalized spacial score (nSPS) is 26.0. The Balaban J connectivity index is 1.30. The van der Waals surface area contributed by atoms with Gasteiger partial charge in [0.15, 0.2) is 0 Å². The van der Waals surface area contributed by atoms with E-state index in [4.69, 9.17) is 0 Å². The largest absolute Gasteiger partial charge is 0.382 e. The molecule has 3 aliphatic rings. The van der Waals surface area contributed by atoms with Crippen molar-refractivity contribution in [1.29, 1.82) is 0 Å². The van der Waals surface area contributed by atoms with Crippen LogP contribution in [0.1, 0.15) is 90.5 Å². The number of hydrogen-bond acceptors (Lipinski definition) is 1. The van der Waals surface area contributed by atoms with Gasteiger partial charge in [0.1, 0.15) is 0 Å². The second kappa shape index (κ2) is 11.4. The standard InChI is InChI=1S/C32H45N/c1-23(17-18-24(2)27-11-8-9-12-27)26(4)33-32-16-10-15-31(32)30-21-19-29(20-22-30)25(3)28-13-6-5-7-14-28/h5-9,13-14,17,24,26-27,29-30,33H,3,10-12,15-16,18-22H2,1-2,4H3/b23-17+. The molecule has 1 aromatic rings. The van der Waals surface area contributed by atoms with E-state index in [1.54, 1.807) is 11.3 Å². The van der Waals surface area contributed by atoms with Crippen molar-refractivity contribution in [1.82, 2.24) is 5.32 Å². The van der Waals surface area contributed by atoms with Crippen molar-refractivity contribution in [2.75, 3.05) is 0 Å². The van der Waals surface area contributed by atoms with Crippen LogP contribution in [-0.2, 0) is 0 Å². The van der Waals surface area contributed by atoms with Gasteiger partial charge in [0, 0.05) is 11.7 Å². The van der Waals surface area contributed by atoms with Gasteiger partial charge in [-0.2, -0.15) is 0 Å². The Hall–Kier alpha value is -2.02. The first-order valence-corrected chi connectivity index (χ1v) is 13.6. The summed E-state index contributed by atoms with van der Waals surface area (Å²) in [5, 5.41) is 3.96. The maximum absolute atomic E-state index is 4.47. The first-order chi connectivity index (χ1) is 16.0. The molecule has 0 aliphatic heterocycles. The van der Waals surface area contributed by atoms with Crippen LogP contribution in [0.25, 0.3) is 5.57 Å². The molecule has 0 amide bonds. The van der Waals surface area contributed by atoms with Gasteiger partial charge in [-0.3, -0.25) is 0 Å². The zero-order valence-corrected chi connectivity index (χ0v) is 21.3. The van der Waals surface area contributed by atoms with E-state index < -0.39 is 0 Å². The van der Waals surface area contributed by atoms with E-state index in [9.17, 15) is 0 Å². The summed E-state index contributed by atoms with van der Waals surface area (Å²) >= 11 is 0. The Labute approximate surface area is 203 Å². The van der Waals surface area contributed by atoms with Gasteiger partial charge in [-0.05, 0) is 118 Å². The highest BCUT2D eigenvalue weighted by Crippen LogP contribution is 2.43. The van der Waals surface area contributed by atoms with Gasteiger partial charge in [0.2, 0.25) is 0 Å². The molecule has 1 fully saturated rings. The average Bonchev–Trinajstić information content (AvgIpc) is 3.55. The fourth-order valence-electron chi connectivity index (χ4n) is 6.28. The Morgan fingerprint density at radius 3 is 2.42 bits per heavy atom. The van der Waals surface area contributed by atoms with Crippen molar-refractivity contribution in [3.05, 3.63) is 77.5 Å². The van der Waals surface area contributed by atoms with Gasteiger partial charge in [-0.1, -0.05) is 67.6 Å². The first-order valence-electron chi connectivity index (χ1n) is 13.6. The Bertz CT molecular complexity index is 870. The van der Waals surface area contributed by atoms with Crippen molar-refractivity contribution in [3.8, 4) is 0 Å². The van der Waals surface area contributed by atoms with Crippen LogP contribution in [0.3, 0.4) is 0 Å². The topological polar surface area (TPSA) is 12.0 Å². The molecule has 0 aromatic heterocycles. The molecule has 1 aromatic carbocycles. The number of allylic oxidation sites excluding steroid dienone is 6. The number of rotatable bonds is 9. The maximum atomic E-state index is 4.47. The Morgan fingerprint density at radius 1 is 1.03 bits per heavy atom. The molecule has 1 nitrogen and oxygen atoms in total. The van der Waals surface area contributed by atoms with Crippen LogP contribution in [0.4, 0.5) is 0 Å². The minimum absolute atomic E-state index is 0.441. The quantitative estimate of drug-likeness (QED) is 0.376. The van der Waals surface area contributed by atoms with Gasteiger partial charge in [-0.25, -0.2) is 0 Å². The van der Waals surface area contributed by atoms with Gasteiger partial charge in [-0.15, -0.1) is 0 Å². The number of hydrogen-bond donors (Lipinski definition) is 1. The molecule has 1 N–H and O–H groups in total. The molecule has 1 saturated carbocycles. The van der Waals surface area contributed by atoms with Gasteiger partial charge in [0.05, 0.1) is 0 Å². The molecule has 0 saturated heterocycles. The Morgan fingerprint density at radius 2 is 1.73 bits per heavy atom. The smallest absolute Gasteiger partial charge is 0.0439 e. The van der Waals surface area contributed by atoms with Crippen molar-refractivity contribution >= 4 is 5.57 Å². The van der Waals surface area contributed by atoms with E-state index in [1.807, 2.05) is 0 Å². The van der Waals surface area contributed by atoms with E-state index in [0.29, 0.717) is 12.0 Å². The first kappa shape index (κ1) is 24.1. The minimum atomic E-state index is 0.441. The molecular formula is C32H45N. The molecule has 0 bridgehead atoms. The van der Waals surface area contributed by atoms with E-state index in [1.165, 1.54) is 80.9 Å². The molecule has 0 heterocycles. The molecule has 178 valence electrons. The second-order valence-corrected chi connectivity index (χ2v) is 11.0. The predicted molar refractivity (Wildman–Crippen MR) is 144 cm³/mol. The minimum Gasteiger partial charge on any atom is -0.382 e. The summed E-state index contributed by atoms with van der Waals surface area (Å²) in [7, 11) is 0. The van der Waals surface area contributed by atoms with Crippen LogP contribution in [0.15, 0.2) is 72.0 Å². The molecule has 3 aliphatic carbocycles. The van der Waals surface area contributed by atoms with E-state index in [2.05, 4.69) is 81.2 Å². The third-order valence-electron chi connectivity index (χ3n) is 8.85. The lowest BCUT2D eigenvalue weighted by Crippen LogP contribution is -2.28. The summed E-state index contributed by atoms with van der Waals surface area (Å²) in [6.07, 6.45) is 20.1. The SMILES string of the molecule is C=C(c1ccccc1)C1CCC(C2=C(NC(C)/C(C)=C/CC(C)C3CC=CC3)CCC2)CC1. The molecule has 0 spiro atoms. The molecule has 33 heavy (non-hydrogen) atoms. The molecule has 2 atom stereocenters. The molecule has 1 heteroatoms. The number of nitrogens with one attached hydrogen (secondary N) is 1. The van der Waals surface area contributed by atoms with Crippen LogP contribution in [0, 0.1) is 23.7 Å². The lowest BCUT2D eigenvalue weighted by Gasteiger charge is -2.32.